The van der Waals surface area contributed by atoms with Crippen LogP contribution in [0.4, 0.5) is 0 Å². The number of morpholine rings is 1. The van der Waals surface area contributed by atoms with Crippen molar-refractivity contribution in [1.29, 1.82) is 0 Å². The first kappa shape index (κ1) is 38.0. The Balaban J connectivity index is 0.00000486. The number of methoxy groups -OCH3 is 3. The molecule has 3 heterocycles. The lowest BCUT2D eigenvalue weighted by Gasteiger charge is -2.45. The van der Waals surface area contributed by atoms with Crippen molar-refractivity contribution < 1.29 is 28.5 Å². The normalized spacial score (nSPS) is 20.6. The minimum atomic E-state index is -0.548. The molecule has 6 rings (SSSR count). The Kier molecular flexibility index (Phi) is 12.5. The van der Waals surface area contributed by atoms with Crippen LogP contribution in [0.25, 0.3) is 0 Å². The summed E-state index contributed by atoms with van der Waals surface area (Å²) in [5, 5.41) is 1.00. The maximum Gasteiger partial charge on any atom is 0.254 e. The minimum Gasteiger partial charge on any atom is -0.493 e. The second kappa shape index (κ2) is 16.4. The highest BCUT2D eigenvalue weighted by molar-refractivity contribution is 6.42. The van der Waals surface area contributed by atoms with E-state index in [2.05, 4.69) is 17.0 Å². The average molecular weight is 747 g/mol. The molecule has 3 aliphatic heterocycles. The molecule has 0 aliphatic carbocycles. The number of piperidine rings is 1. The summed E-state index contributed by atoms with van der Waals surface area (Å²) in [6.07, 6.45) is 3.09. The maximum absolute atomic E-state index is 14.1. The molecule has 0 radical (unpaired) electrons. The molecule has 2 amide bonds. The van der Waals surface area contributed by atoms with Crippen molar-refractivity contribution in [2.75, 3.05) is 80.4 Å². The van der Waals surface area contributed by atoms with Gasteiger partial charge < -0.3 is 33.6 Å². The summed E-state index contributed by atoms with van der Waals surface area (Å²) >= 11 is 12.9. The van der Waals surface area contributed by atoms with Crippen molar-refractivity contribution >= 4 is 47.4 Å². The maximum atomic E-state index is 14.1. The molecule has 3 aromatic rings. The molecule has 1 unspecified atom stereocenters. The molecule has 0 N–H and O–H groups in total. The monoisotopic (exact) mass is 745 g/mol. The van der Waals surface area contributed by atoms with Crippen molar-refractivity contribution in [2.24, 2.45) is 0 Å². The van der Waals surface area contributed by atoms with Gasteiger partial charge in [-0.3, -0.25) is 9.59 Å². The summed E-state index contributed by atoms with van der Waals surface area (Å²) in [5.41, 5.74) is 1.75. The van der Waals surface area contributed by atoms with Crippen molar-refractivity contribution in [3.05, 3.63) is 87.4 Å². The Morgan fingerprint density at radius 2 is 1.42 bits per heavy atom. The third kappa shape index (κ3) is 7.53. The zero-order valence-electron chi connectivity index (χ0n) is 28.9. The summed E-state index contributed by atoms with van der Waals surface area (Å²) < 4.78 is 22.1. The van der Waals surface area contributed by atoms with E-state index < -0.39 is 5.41 Å². The molecule has 3 aliphatic rings. The van der Waals surface area contributed by atoms with E-state index in [9.17, 15) is 9.59 Å². The van der Waals surface area contributed by atoms with Gasteiger partial charge in [-0.15, -0.1) is 12.4 Å². The Morgan fingerprint density at radius 1 is 0.760 bits per heavy atom. The molecule has 1 atom stereocenters. The van der Waals surface area contributed by atoms with Gasteiger partial charge in [0.1, 0.15) is 0 Å². The molecule has 3 aromatic carbocycles. The fourth-order valence-corrected chi connectivity index (χ4v) is 8.12. The molecule has 3 saturated heterocycles. The van der Waals surface area contributed by atoms with Crippen molar-refractivity contribution in [2.45, 2.75) is 36.5 Å². The smallest absolute Gasteiger partial charge is 0.254 e. The minimum absolute atomic E-state index is 0. The van der Waals surface area contributed by atoms with E-state index in [-0.39, 0.29) is 29.6 Å². The van der Waals surface area contributed by atoms with Gasteiger partial charge in [-0.25, -0.2) is 0 Å². The van der Waals surface area contributed by atoms with Crippen molar-refractivity contribution in [1.82, 2.24) is 14.7 Å². The molecule has 0 bridgehead atoms. The van der Waals surface area contributed by atoms with E-state index in [0.29, 0.717) is 72.3 Å². The number of hydrogen-bond acceptors (Lipinski definition) is 7. The summed E-state index contributed by atoms with van der Waals surface area (Å²) in [7, 11) is 4.62. The Labute approximate surface area is 311 Å². The number of carbonyl (C=O) groups excluding carboxylic acids is 2. The van der Waals surface area contributed by atoms with Gasteiger partial charge in [0.15, 0.2) is 11.5 Å². The second-order valence-electron chi connectivity index (χ2n) is 13.2. The van der Waals surface area contributed by atoms with Crippen LogP contribution in [-0.4, -0.2) is 107 Å². The number of hydrogen-bond donors (Lipinski definition) is 0. The summed E-state index contributed by atoms with van der Waals surface area (Å²) in [4.78, 5) is 34.5. The van der Waals surface area contributed by atoms with E-state index >= 15 is 0 Å². The molecule has 0 aromatic heterocycles. The van der Waals surface area contributed by atoms with Crippen LogP contribution in [0.2, 0.25) is 10.0 Å². The van der Waals surface area contributed by atoms with Gasteiger partial charge in [0.2, 0.25) is 11.7 Å². The van der Waals surface area contributed by atoms with Crippen molar-refractivity contribution in [3.63, 3.8) is 0 Å². The lowest BCUT2D eigenvalue weighted by atomic mass is 9.71. The molecule has 3 fully saturated rings. The number of halogens is 3. The van der Waals surface area contributed by atoms with Crippen LogP contribution < -0.4 is 14.2 Å². The van der Waals surface area contributed by atoms with Crippen LogP contribution in [0.1, 0.15) is 47.2 Å². The predicted molar refractivity (Wildman–Crippen MR) is 198 cm³/mol. The molecule has 12 heteroatoms. The number of nitrogens with zero attached hydrogens (tertiary/aromatic N) is 3. The first-order valence-corrected chi connectivity index (χ1v) is 17.7. The van der Waals surface area contributed by atoms with E-state index in [1.807, 2.05) is 46.2 Å². The Morgan fingerprint density at radius 3 is 2.02 bits per heavy atom. The second-order valence-corrected chi connectivity index (χ2v) is 14.1. The highest BCUT2D eigenvalue weighted by Crippen LogP contribution is 2.44. The largest absolute Gasteiger partial charge is 0.493 e. The first-order chi connectivity index (χ1) is 23.7. The molecule has 50 heavy (non-hydrogen) atoms. The fourth-order valence-electron chi connectivity index (χ4n) is 7.83. The van der Waals surface area contributed by atoms with E-state index in [4.69, 9.17) is 42.1 Å². The van der Waals surface area contributed by atoms with E-state index in [1.165, 1.54) is 0 Å². The molecular weight excluding hydrogens is 701 g/mol. The predicted octanol–water partition coefficient (Wildman–Crippen LogP) is 6.51. The average Bonchev–Trinajstić information content (AvgIpc) is 3.60. The Bertz CT molecular complexity index is 1620. The van der Waals surface area contributed by atoms with Gasteiger partial charge in [-0.2, -0.15) is 0 Å². The standard InChI is InChI=1S/C38H45Cl2N3O6.ClH/c1-46-32-23-27(24-33(47-2)34(32)48-3)35(44)43-18-12-37(26-43,29-9-10-30(39)31(40)25-29)11-15-41-16-13-38(14-17-41,28-7-5-4-6-8-28)36(45)42-19-21-49-22-20-42;/h4-10,23-25H,11-22,26H2,1-3H3;1H. The Hall–Kier alpha value is -3.21. The van der Waals surface area contributed by atoms with Gasteiger partial charge in [-0.1, -0.05) is 59.6 Å². The zero-order chi connectivity index (χ0) is 34.6. The lowest BCUT2D eigenvalue weighted by Crippen LogP contribution is -2.55. The number of amides is 2. The summed E-state index contributed by atoms with van der Waals surface area (Å²) in [6.45, 7) is 5.97. The third-order valence-corrected chi connectivity index (χ3v) is 11.5. The van der Waals surface area contributed by atoms with Gasteiger partial charge in [0.05, 0.1) is 50.0 Å². The van der Waals surface area contributed by atoms with Gasteiger partial charge in [-0.05, 0) is 80.7 Å². The van der Waals surface area contributed by atoms with Gasteiger partial charge in [0.25, 0.3) is 5.91 Å². The summed E-state index contributed by atoms with van der Waals surface area (Å²) in [5.74, 6) is 1.42. The summed E-state index contributed by atoms with van der Waals surface area (Å²) in [6, 6.07) is 19.5. The number of likely N-dealkylation sites (tertiary alicyclic amines) is 2. The highest BCUT2D eigenvalue weighted by Gasteiger charge is 2.46. The number of ether oxygens (including phenoxy) is 4. The van der Waals surface area contributed by atoms with Crippen LogP contribution in [0.15, 0.2) is 60.7 Å². The molecule has 0 spiro atoms. The van der Waals surface area contributed by atoms with Crippen LogP contribution in [0, 0.1) is 0 Å². The highest BCUT2D eigenvalue weighted by atomic mass is 35.5. The van der Waals surface area contributed by atoms with Gasteiger partial charge >= 0.3 is 0 Å². The van der Waals surface area contributed by atoms with Crippen LogP contribution in [-0.2, 0) is 20.4 Å². The third-order valence-electron chi connectivity index (χ3n) is 10.7. The first-order valence-electron chi connectivity index (χ1n) is 16.9. The molecule has 0 saturated carbocycles. The number of carbonyl (C=O) groups is 2. The van der Waals surface area contributed by atoms with E-state index in [0.717, 1.165) is 56.4 Å². The molecular formula is C38H46Cl3N3O6. The molecule has 270 valence electrons. The van der Waals surface area contributed by atoms with Crippen LogP contribution in [0.3, 0.4) is 0 Å². The van der Waals surface area contributed by atoms with E-state index in [1.54, 1.807) is 33.5 Å². The quantitative estimate of drug-likeness (QED) is 0.234. The van der Waals surface area contributed by atoms with Crippen molar-refractivity contribution in [3.8, 4) is 17.2 Å². The van der Waals surface area contributed by atoms with Gasteiger partial charge in [0, 0.05) is 37.2 Å². The van der Waals surface area contributed by atoms with Crippen LogP contribution >= 0.6 is 35.6 Å². The number of benzene rings is 3. The fraction of sp³-hybridized carbons (Fsp3) is 0.474. The number of rotatable bonds is 10. The lowest BCUT2D eigenvalue weighted by molar-refractivity contribution is -0.143. The zero-order valence-corrected chi connectivity index (χ0v) is 31.2. The SMILES string of the molecule is COc1cc(C(=O)N2CCC(CCN3CCC(C(=O)N4CCOCC4)(c4ccccc4)CC3)(c3ccc(Cl)c(Cl)c3)C2)cc(OC)c1OC.Cl. The van der Waals surface area contributed by atoms with Crippen LogP contribution in [0.5, 0.6) is 17.2 Å². The molecule has 9 nitrogen and oxygen atoms in total. The topological polar surface area (TPSA) is 80.8 Å².